The van der Waals surface area contributed by atoms with Crippen LogP contribution in [0, 0.1) is 0 Å². The molecule has 1 aliphatic rings. The van der Waals surface area contributed by atoms with E-state index in [0.717, 1.165) is 43.4 Å². The van der Waals surface area contributed by atoms with E-state index in [4.69, 9.17) is 0 Å². The molecule has 1 fully saturated rings. The lowest BCUT2D eigenvalue weighted by molar-refractivity contribution is -0.122. The molecular weight excluding hydrogens is 366 g/mol. The largest absolute Gasteiger partial charge is 0.353 e. The number of nitrogens with one attached hydrogen (secondary N) is 1. The van der Waals surface area contributed by atoms with Gasteiger partial charge in [0.05, 0.1) is 12.7 Å². The van der Waals surface area contributed by atoms with Crippen LogP contribution in [0.5, 0.6) is 0 Å². The van der Waals surface area contributed by atoms with E-state index in [0.29, 0.717) is 6.54 Å². The predicted molar refractivity (Wildman–Crippen MR) is 110 cm³/mol. The number of amides is 1. The Balaban J connectivity index is 1.37. The second-order valence-electron chi connectivity index (χ2n) is 7.13. The molecule has 1 amide bonds. The zero-order valence-electron chi connectivity index (χ0n) is 16.5. The van der Waals surface area contributed by atoms with E-state index in [1.54, 1.807) is 24.8 Å². The molecule has 1 saturated heterocycles. The van der Waals surface area contributed by atoms with Crippen molar-refractivity contribution in [3.63, 3.8) is 0 Å². The minimum Gasteiger partial charge on any atom is -0.353 e. The molecule has 8 nitrogen and oxygen atoms in total. The Bertz CT molecular complexity index is 920. The number of imidazole rings is 1. The Kier molecular flexibility index (Phi) is 5.81. The van der Waals surface area contributed by atoms with Crippen LogP contribution in [-0.4, -0.2) is 63.0 Å². The summed E-state index contributed by atoms with van der Waals surface area (Å²) in [6.07, 6.45) is 8.80. The van der Waals surface area contributed by atoms with Gasteiger partial charge < -0.3 is 14.8 Å². The third kappa shape index (κ3) is 4.60. The molecular formula is C21H25N7O. The number of rotatable bonds is 6. The van der Waals surface area contributed by atoms with Crippen LogP contribution in [0.2, 0.25) is 0 Å². The predicted octanol–water partition coefficient (Wildman–Crippen LogP) is 1.24. The van der Waals surface area contributed by atoms with Gasteiger partial charge in [0.2, 0.25) is 5.91 Å². The molecule has 0 saturated carbocycles. The summed E-state index contributed by atoms with van der Waals surface area (Å²) in [7, 11) is 1.94. The number of anilines is 1. The number of nitrogens with zero attached hydrogens (tertiary/aromatic N) is 6. The second-order valence-corrected chi connectivity index (χ2v) is 7.13. The van der Waals surface area contributed by atoms with Crippen LogP contribution in [0.15, 0.2) is 61.3 Å². The molecule has 0 aliphatic carbocycles. The number of aromatic nitrogens is 4. The summed E-state index contributed by atoms with van der Waals surface area (Å²) in [5.41, 5.74) is 1.02. The highest BCUT2D eigenvalue weighted by Crippen LogP contribution is 2.20. The fraction of sp³-hybridized carbons (Fsp3) is 0.333. The van der Waals surface area contributed by atoms with Gasteiger partial charge in [0.15, 0.2) is 0 Å². The smallest absolute Gasteiger partial charge is 0.235 e. The first kappa shape index (κ1) is 19.1. The number of aryl methyl sites for hydroxylation is 1. The molecule has 150 valence electrons. The third-order valence-electron chi connectivity index (χ3n) is 5.17. The van der Waals surface area contributed by atoms with Crippen molar-refractivity contribution in [2.45, 2.75) is 6.04 Å². The molecule has 1 N–H and O–H groups in total. The van der Waals surface area contributed by atoms with Crippen LogP contribution in [0.25, 0.3) is 0 Å². The summed E-state index contributed by atoms with van der Waals surface area (Å²) >= 11 is 0. The first-order valence-corrected chi connectivity index (χ1v) is 9.75. The molecule has 1 atom stereocenters. The molecule has 8 heteroatoms. The molecule has 3 aromatic rings. The van der Waals surface area contributed by atoms with Crippen LogP contribution < -0.4 is 10.2 Å². The minimum absolute atomic E-state index is 0.00481. The van der Waals surface area contributed by atoms with Gasteiger partial charge in [0.25, 0.3) is 0 Å². The van der Waals surface area contributed by atoms with E-state index in [1.807, 2.05) is 48.1 Å². The average molecular weight is 391 g/mol. The maximum Gasteiger partial charge on any atom is 0.235 e. The van der Waals surface area contributed by atoms with E-state index in [-0.39, 0.29) is 11.9 Å². The number of hydrogen-bond acceptors (Lipinski definition) is 6. The molecule has 0 bridgehead atoms. The summed E-state index contributed by atoms with van der Waals surface area (Å²) in [4.78, 5) is 30.1. The van der Waals surface area contributed by atoms with Crippen LogP contribution in [0.1, 0.15) is 17.4 Å². The molecule has 1 aliphatic heterocycles. The second kappa shape index (κ2) is 8.83. The van der Waals surface area contributed by atoms with Gasteiger partial charge in [-0.2, -0.15) is 0 Å². The molecule has 0 radical (unpaired) electrons. The van der Waals surface area contributed by atoms with Crippen LogP contribution >= 0.6 is 0 Å². The van der Waals surface area contributed by atoms with Crippen molar-refractivity contribution in [1.29, 1.82) is 0 Å². The van der Waals surface area contributed by atoms with Gasteiger partial charge in [-0.1, -0.05) is 30.3 Å². The lowest BCUT2D eigenvalue weighted by Crippen LogP contribution is -2.50. The summed E-state index contributed by atoms with van der Waals surface area (Å²) < 4.78 is 1.94. The maximum absolute atomic E-state index is 12.8. The van der Waals surface area contributed by atoms with E-state index in [9.17, 15) is 4.79 Å². The lowest BCUT2D eigenvalue weighted by atomic mass is 10.1. The van der Waals surface area contributed by atoms with Gasteiger partial charge >= 0.3 is 0 Å². The fourth-order valence-electron chi connectivity index (χ4n) is 3.60. The summed E-state index contributed by atoms with van der Waals surface area (Å²) in [6.45, 7) is 3.63. The normalized spacial score (nSPS) is 15.8. The minimum atomic E-state index is -0.274. The Morgan fingerprint density at radius 3 is 2.52 bits per heavy atom. The summed E-state index contributed by atoms with van der Waals surface area (Å²) in [5.74, 6) is 1.70. The monoisotopic (exact) mass is 391 g/mol. The van der Waals surface area contributed by atoms with Crippen molar-refractivity contribution in [2.24, 2.45) is 7.05 Å². The Labute approximate surface area is 170 Å². The average Bonchev–Trinajstić information content (AvgIpc) is 3.19. The molecule has 1 unspecified atom stereocenters. The topological polar surface area (TPSA) is 79.2 Å². The quantitative estimate of drug-likeness (QED) is 0.681. The molecule has 4 rings (SSSR count). The van der Waals surface area contributed by atoms with Crippen molar-refractivity contribution in [3.8, 4) is 0 Å². The van der Waals surface area contributed by atoms with Crippen molar-refractivity contribution in [1.82, 2.24) is 29.7 Å². The SMILES string of the molecule is Cn1ccnc1C(NC(=O)CN1CCN(c2cnccn2)CC1)c1ccccc1. The Morgan fingerprint density at radius 2 is 1.86 bits per heavy atom. The fourth-order valence-corrected chi connectivity index (χ4v) is 3.60. The standard InChI is InChI=1S/C21H25N7O/c1-26-10-9-24-21(26)20(17-5-3-2-4-6-17)25-19(29)16-27-11-13-28(14-12-27)18-15-22-7-8-23-18/h2-10,15,20H,11-14,16H2,1H3,(H,25,29). The maximum atomic E-state index is 12.8. The van der Waals surface area contributed by atoms with Crippen molar-refractivity contribution in [3.05, 3.63) is 72.7 Å². The lowest BCUT2D eigenvalue weighted by Gasteiger charge is -2.35. The summed E-state index contributed by atoms with van der Waals surface area (Å²) in [5, 5.41) is 3.17. The van der Waals surface area contributed by atoms with Crippen molar-refractivity contribution >= 4 is 11.7 Å². The van der Waals surface area contributed by atoms with Crippen molar-refractivity contribution < 1.29 is 4.79 Å². The van der Waals surface area contributed by atoms with Crippen LogP contribution in [-0.2, 0) is 11.8 Å². The highest BCUT2D eigenvalue weighted by atomic mass is 16.2. The van der Waals surface area contributed by atoms with Gasteiger partial charge in [-0.15, -0.1) is 0 Å². The van der Waals surface area contributed by atoms with E-state index in [2.05, 4.69) is 30.1 Å². The van der Waals surface area contributed by atoms with Gasteiger partial charge in [0.1, 0.15) is 17.7 Å². The van der Waals surface area contributed by atoms with Gasteiger partial charge in [-0.05, 0) is 5.56 Å². The van der Waals surface area contributed by atoms with Gasteiger partial charge in [-0.3, -0.25) is 14.7 Å². The molecule has 1 aromatic carbocycles. The highest BCUT2D eigenvalue weighted by Gasteiger charge is 2.24. The van der Waals surface area contributed by atoms with E-state index >= 15 is 0 Å². The number of benzene rings is 1. The highest BCUT2D eigenvalue weighted by molar-refractivity contribution is 5.79. The number of carbonyl (C=O) groups is 1. The van der Waals surface area contributed by atoms with Crippen LogP contribution in [0.3, 0.4) is 0 Å². The first-order valence-electron chi connectivity index (χ1n) is 9.75. The Hall–Kier alpha value is -3.26. The van der Waals surface area contributed by atoms with Crippen LogP contribution in [0.4, 0.5) is 5.82 Å². The number of hydrogen-bond donors (Lipinski definition) is 1. The third-order valence-corrected chi connectivity index (χ3v) is 5.17. The van der Waals surface area contributed by atoms with Gasteiger partial charge in [0, 0.05) is 58.0 Å². The van der Waals surface area contributed by atoms with Crippen molar-refractivity contribution in [2.75, 3.05) is 37.6 Å². The summed E-state index contributed by atoms with van der Waals surface area (Å²) in [6, 6.07) is 9.67. The first-order chi connectivity index (χ1) is 14.2. The molecule has 2 aromatic heterocycles. The molecule has 0 spiro atoms. The number of piperazine rings is 1. The number of carbonyl (C=O) groups excluding carboxylic acids is 1. The Morgan fingerprint density at radius 1 is 1.07 bits per heavy atom. The molecule has 29 heavy (non-hydrogen) atoms. The van der Waals surface area contributed by atoms with Gasteiger partial charge in [-0.25, -0.2) is 9.97 Å². The zero-order chi connectivity index (χ0) is 20.1. The van der Waals surface area contributed by atoms with E-state index < -0.39 is 0 Å². The molecule has 3 heterocycles. The zero-order valence-corrected chi connectivity index (χ0v) is 16.5. The van der Waals surface area contributed by atoms with E-state index in [1.165, 1.54) is 0 Å².